The average Bonchev–Trinajstić information content (AvgIpc) is 3.28. The fourth-order valence-electron chi connectivity index (χ4n) is 5.69. The lowest BCUT2D eigenvalue weighted by Gasteiger charge is -2.39. The molecular weight excluding hydrogens is 364 g/mol. The van der Waals surface area contributed by atoms with Crippen LogP contribution in [0.4, 0.5) is 0 Å². The summed E-state index contributed by atoms with van der Waals surface area (Å²) in [5.41, 5.74) is 5.47. The Morgan fingerprint density at radius 1 is 0.400 bits per heavy atom. The predicted octanol–water partition coefficient (Wildman–Crippen LogP) is 5.97. The first-order valence-corrected chi connectivity index (χ1v) is 10.0. The zero-order chi connectivity index (χ0) is 20.3. The molecule has 6 rings (SSSR count). The Balaban J connectivity index is 1.86. The molecule has 0 fully saturated rings. The molecule has 138 valence electrons. The zero-order valence-electron chi connectivity index (χ0n) is 16.1. The third-order valence-corrected chi connectivity index (χ3v) is 6.80. The monoisotopic (exact) mass is 380 g/mol. The van der Waals surface area contributed by atoms with E-state index in [0.717, 1.165) is 44.5 Å². The highest BCUT2D eigenvalue weighted by molar-refractivity contribution is 5.91. The second-order valence-corrected chi connectivity index (χ2v) is 7.91. The highest BCUT2D eigenvalue weighted by atomic mass is 14.6. The molecule has 2 nitrogen and oxygen atoms in total. The lowest BCUT2D eigenvalue weighted by atomic mass is 9.56. The van der Waals surface area contributed by atoms with Crippen molar-refractivity contribution in [1.82, 2.24) is 0 Å². The van der Waals surface area contributed by atoms with Crippen molar-refractivity contribution in [3.63, 3.8) is 0 Å². The molecule has 0 radical (unpaired) electrons. The molecule has 0 N–H and O–H groups in total. The number of fused-ring (bicyclic) bond motifs is 6. The van der Waals surface area contributed by atoms with Crippen molar-refractivity contribution in [3.05, 3.63) is 119 Å². The maximum atomic E-state index is 10.9. The first kappa shape index (κ1) is 16.8. The lowest BCUT2D eigenvalue weighted by Crippen LogP contribution is -2.47. The van der Waals surface area contributed by atoms with E-state index < -0.39 is 10.8 Å². The van der Waals surface area contributed by atoms with Crippen LogP contribution in [0.5, 0.6) is 0 Å². The summed E-state index contributed by atoms with van der Waals surface area (Å²) in [5.74, 6) is 0. The Bertz CT molecular complexity index is 1230. The zero-order valence-corrected chi connectivity index (χ0v) is 16.1. The van der Waals surface area contributed by atoms with Crippen LogP contribution < -0.4 is 0 Å². The van der Waals surface area contributed by atoms with E-state index in [1.165, 1.54) is 0 Å². The van der Waals surface area contributed by atoms with Gasteiger partial charge in [0.05, 0.1) is 12.1 Å². The Kier molecular flexibility index (Phi) is 3.18. The molecule has 0 saturated carbocycles. The Hall–Kier alpha value is -4.14. The molecular formula is C28H16N2. The third kappa shape index (κ3) is 1.65. The van der Waals surface area contributed by atoms with Gasteiger partial charge in [-0.3, -0.25) is 0 Å². The second-order valence-electron chi connectivity index (χ2n) is 7.91. The van der Waals surface area contributed by atoms with Crippen LogP contribution in [0.2, 0.25) is 0 Å². The van der Waals surface area contributed by atoms with Crippen molar-refractivity contribution < 1.29 is 0 Å². The Morgan fingerprint density at radius 3 is 0.867 bits per heavy atom. The lowest BCUT2D eigenvalue weighted by molar-refractivity contribution is 0.489. The van der Waals surface area contributed by atoms with Crippen molar-refractivity contribution in [2.75, 3.05) is 0 Å². The first-order chi connectivity index (χ1) is 14.8. The van der Waals surface area contributed by atoms with E-state index in [1.54, 1.807) is 0 Å². The minimum atomic E-state index is -1.14. The SMILES string of the molecule is N#CC1(C2(C#N)c3ccccc3-c3ccccc32)c2ccccc2-c2ccccc21. The van der Waals surface area contributed by atoms with Gasteiger partial charge in [-0.25, -0.2) is 0 Å². The molecule has 0 amide bonds. The number of nitriles is 2. The maximum absolute atomic E-state index is 10.9. The molecule has 0 atom stereocenters. The molecule has 0 aromatic heterocycles. The van der Waals surface area contributed by atoms with Crippen LogP contribution in [0.1, 0.15) is 22.3 Å². The quantitative estimate of drug-likeness (QED) is 0.409. The molecule has 0 aliphatic heterocycles. The van der Waals surface area contributed by atoms with E-state index >= 15 is 0 Å². The second kappa shape index (κ2) is 5.69. The molecule has 0 heterocycles. The van der Waals surface area contributed by atoms with Crippen LogP contribution in [-0.2, 0) is 10.8 Å². The summed E-state index contributed by atoms with van der Waals surface area (Å²) in [4.78, 5) is 0. The van der Waals surface area contributed by atoms with Gasteiger partial charge < -0.3 is 0 Å². The summed E-state index contributed by atoms with van der Waals surface area (Å²) in [6.07, 6.45) is 0. The summed E-state index contributed by atoms with van der Waals surface area (Å²) in [6, 6.07) is 37.5. The molecule has 30 heavy (non-hydrogen) atoms. The molecule has 4 aromatic rings. The molecule has 0 spiro atoms. The summed E-state index contributed by atoms with van der Waals surface area (Å²) in [7, 11) is 0. The fraction of sp³-hybridized carbons (Fsp3) is 0.0714. The summed E-state index contributed by atoms with van der Waals surface area (Å²) >= 11 is 0. The van der Waals surface area contributed by atoms with E-state index in [4.69, 9.17) is 0 Å². The van der Waals surface area contributed by atoms with Crippen molar-refractivity contribution in [2.45, 2.75) is 10.8 Å². The van der Waals surface area contributed by atoms with E-state index in [2.05, 4.69) is 36.4 Å². The summed E-state index contributed by atoms with van der Waals surface area (Å²) in [6.45, 7) is 0. The van der Waals surface area contributed by atoms with Crippen LogP contribution in [-0.4, -0.2) is 0 Å². The van der Waals surface area contributed by atoms with Gasteiger partial charge in [-0.15, -0.1) is 0 Å². The van der Waals surface area contributed by atoms with Gasteiger partial charge in [-0.1, -0.05) is 97.1 Å². The van der Waals surface area contributed by atoms with Gasteiger partial charge in [0.2, 0.25) is 0 Å². The van der Waals surface area contributed by atoms with Crippen LogP contribution in [0.3, 0.4) is 0 Å². The average molecular weight is 380 g/mol. The highest BCUT2D eigenvalue weighted by Gasteiger charge is 2.64. The van der Waals surface area contributed by atoms with Crippen molar-refractivity contribution in [3.8, 4) is 34.4 Å². The number of benzene rings is 4. The summed E-state index contributed by atoms with van der Waals surface area (Å²) in [5, 5.41) is 21.8. The van der Waals surface area contributed by atoms with Crippen molar-refractivity contribution in [2.24, 2.45) is 0 Å². The number of rotatable bonds is 1. The van der Waals surface area contributed by atoms with Gasteiger partial charge in [0.1, 0.15) is 10.8 Å². The minimum Gasteiger partial charge on any atom is -0.197 e. The van der Waals surface area contributed by atoms with Gasteiger partial charge in [-0.2, -0.15) is 10.5 Å². The molecule has 0 saturated heterocycles. The normalized spacial score (nSPS) is 15.8. The Labute approximate surface area is 175 Å². The minimum absolute atomic E-state index is 0.904. The predicted molar refractivity (Wildman–Crippen MR) is 117 cm³/mol. The van der Waals surface area contributed by atoms with Gasteiger partial charge in [0, 0.05) is 0 Å². The van der Waals surface area contributed by atoms with Crippen LogP contribution in [0.25, 0.3) is 22.3 Å². The maximum Gasteiger partial charge on any atom is 0.135 e. The fourth-order valence-corrected chi connectivity index (χ4v) is 5.69. The van der Waals surface area contributed by atoms with Gasteiger partial charge in [-0.05, 0) is 44.5 Å². The molecule has 2 aliphatic carbocycles. The molecule has 2 heteroatoms. The Morgan fingerprint density at radius 2 is 0.633 bits per heavy atom. The molecule has 2 aliphatic rings. The molecule has 0 bridgehead atoms. The summed E-state index contributed by atoms with van der Waals surface area (Å²) < 4.78 is 0. The standard InChI is InChI=1S/C28H16N2/c29-17-27(23-13-5-1-9-19(23)20-10-2-6-14-24(20)27)28(18-30)25-15-7-3-11-21(25)22-12-4-8-16-26(22)28/h1-16H. The van der Waals surface area contributed by atoms with E-state index in [9.17, 15) is 10.5 Å². The third-order valence-electron chi connectivity index (χ3n) is 6.80. The largest absolute Gasteiger partial charge is 0.197 e. The van der Waals surface area contributed by atoms with Crippen molar-refractivity contribution in [1.29, 1.82) is 10.5 Å². The van der Waals surface area contributed by atoms with Crippen LogP contribution in [0, 0.1) is 22.7 Å². The van der Waals surface area contributed by atoms with Gasteiger partial charge in [0.15, 0.2) is 0 Å². The topological polar surface area (TPSA) is 47.6 Å². The smallest absolute Gasteiger partial charge is 0.135 e. The van der Waals surface area contributed by atoms with E-state index in [0.29, 0.717) is 0 Å². The van der Waals surface area contributed by atoms with Gasteiger partial charge in [0.25, 0.3) is 0 Å². The van der Waals surface area contributed by atoms with E-state index in [-0.39, 0.29) is 0 Å². The molecule has 0 unspecified atom stereocenters. The van der Waals surface area contributed by atoms with Gasteiger partial charge >= 0.3 is 0 Å². The van der Waals surface area contributed by atoms with E-state index in [1.807, 2.05) is 72.8 Å². The number of nitrogens with zero attached hydrogens (tertiary/aromatic N) is 2. The number of hydrogen-bond acceptors (Lipinski definition) is 2. The first-order valence-electron chi connectivity index (χ1n) is 10.0. The van der Waals surface area contributed by atoms with Crippen LogP contribution >= 0.6 is 0 Å². The van der Waals surface area contributed by atoms with Crippen LogP contribution in [0.15, 0.2) is 97.1 Å². The highest BCUT2D eigenvalue weighted by Crippen LogP contribution is 2.64. The molecule has 4 aromatic carbocycles. The number of hydrogen-bond donors (Lipinski definition) is 0. The van der Waals surface area contributed by atoms with Crippen molar-refractivity contribution >= 4 is 0 Å².